The largest absolute Gasteiger partial charge is 0.389 e. The van der Waals surface area contributed by atoms with Gasteiger partial charge in [0, 0.05) is 18.8 Å². The van der Waals surface area contributed by atoms with E-state index < -0.39 is 63.5 Å². The van der Waals surface area contributed by atoms with Gasteiger partial charge in [-0.2, -0.15) is 0 Å². The highest BCUT2D eigenvalue weighted by Gasteiger charge is 2.58. The Balaban J connectivity index is 1.51. The average Bonchev–Trinajstić information content (AvgIpc) is 3.20. The van der Waals surface area contributed by atoms with Crippen molar-refractivity contribution in [2.45, 2.75) is 56.8 Å². The van der Waals surface area contributed by atoms with Crippen LogP contribution in [0.2, 0.25) is 0 Å². The van der Waals surface area contributed by atoms with Gasteiger partial charge in [0.05, 0.1) is 11.9 Å². The van der Waals surface area contributed by atoms with Crippen LogP contribution in [0.15, 0.2) is 52.2 Å². The fourth-order valence-electron chi connectivity index (χ4n) is 3.94. The number of nitrogens with one attached hydrogen (secondary N) is 2. The Morgan fingerprint density at radius 1 is 1.16 bits per heavy atom. The number of hydrogen-bond donors (Lipinski definition) is 3. The maximum atomic E-state index is 12.5. The van der Waals surface area contributed by atoms with Gasteiger partial charge in [0.15, 0.2) is 12.0 Å². The number of aliphatic hydroxyl groups excluding tert-OH is 1. The van der Waals surface area contributed by atoms with Crippen LogP contribution in [0, 0.1) is 0 Å². The van der Waals surface area contributed by atoms with Gasteiger partial charge >= 0.3 is 5.69 Å². The van der Waals surface area contributed by atoms with E-state index in [1.54, 1.807) is 38.1 Å². The molecule has 1 aromatic heterocycles. The van der Waals surface area contributed by atoms with Crippen LogP contribution in [0.25, 0.3) is 0 Å². The third-order valence-electron chi connectivity index (χ3n) is 5.30. The minimum absolute atomic E-state index is 0.0789. The van der Waals surface area contributed by atoms with Crippen molar-refractivity contribution in [1.29, 1.82) is 0 Å². The first kappa shape index (κ1) is 22.8. The SMILES string of the molecule is CC1(C)O[C@@H]2[C@H](O1)[C@@H](C(O)CS(=O)(=O)NCc1ccccc1)O[C@H]2n1ccc(=O)[nH]c1=O. The molecule has 0 saturated carbocycles. The number of aliphatic hydroxyl groups is 1. The van der Waals surface area contributed by atoms with Crippen LogP contribution in [0.3, 0.4) is 0 Å². The summed E-state index contributed by atoms with van der Waals surface area (Å²) in [7, 11) is -3.86. The van der Waals surface area contributed by atoms with Crippen molar-refractivity contribution in [3.05, 3.63) is 69.0 Å². The van der Waals surface area contributed by atoms with Gasteiger partial charge in [-0.05, 0) is 19.4 Å². The van der Waals surface area contributed by atoms with E-state index >= 15 is 0 Å². The number of rotatable bonds is 7. The maximum absolute atomic E-state index is 12.5. The minimum Gasteiger partial charge on any atom is -0.389 e. The maximum Gasteiger partial charge on any atom is 0.330 e. The first-order valence-corrected chi connectivity index (χ1v) is 11.7. The summed E-state index contributed by atoms with van der Waals surface area (Å²) in [6, 6.07) is 10.1. The fraction of sp³-hybridized carbons (Fsp3) is 0.500. The third-order valence-corrected chi connectivity index (χ3v) is 6.66. The lowest BCUT2D eigenvalue weighted by Gasteiger charge is -2.26. The Bertz CT molecular complexity index is 1180. The smallest absolute Gasteiger partial charge is 0.330 e. The predicted molar refractivity (Wildman–Crippen MR) is 112 cm³/mol. The summed E-state index contributed by atoms with van der Waals surface area (Å²) in [5.74, 6) is -1.67. The number of sulfonamides is 1. The van der Waals surface area contributed by atoms with Gasteiger partial charge in [-0.1, -0.05) is 30.3 Å². The number of H-pyrrole nitrogens is 1. The number of ether oxygens (including phenoxy) is 3. The Morgan fingerprint density at radius 3 is 2.53 bits per heavy atom. The van der Waals surface area contributed by atoms with Crippen LogP contribution < -0.4 is 16.0 Å². The van der Waals surface area contributed by atoms with E-state index in [2.05, 4.69) is 9.71 Å². The van der Waals surface area contributed by atoms with Crippen LogP contribution in [-0.4, -0.2) is 59.0 Å². The van der Waals surface area contributed by atoms with E-state index in [1.165, 1.54) is 6.20 Å². The molecule has 32 heavy (non-hydrogen) atoms. The molecule has 2 saturated heterocycles. The van der Waals surface area contributed by atoms with Crippen molar-refractivity contribution in [3.63, 3.8) is 0 Å². The van der Waals surface area contributed by atoms with Crippen LogP contribution in [0.4, 0.5) is 0 Å². The summed E-state index contributed by atoms with van der Waals surface area (Å²) in [5, 5.41) is 10.8. The first-order chi connectivity index (χ1) is 15.0. The second-order valence-electron chi connectivity index (χ2n) is 8.23. The summed E-state index contributed by atoms with van der Waals surface area (Å²) in [6.07, 6.45) is -3.94. The number of aromatic nitrogens is 2. The highest BCUT2D eigenvalue weighted by molar-refractivity contribution is 7.89. The second kappa shape index (κ2) is 8.54. The number of aromatic amines is 1. The molecule has 3 heterocycles. The number of fused-ring (bicyclic) bond motifs is 1. The molecule has 0 radical (unpaired) electrons. The van der Waals surface area contributed by atoms with E-state index in [4.69, 9.17) is 14.2 Å². The van der Waals surface area contributed by atoms with Gasteiger partial charge < -0.3 is 19.3 Å². The summed E-state index contributed by atoms with van der Waals surface area (Å²) < 4.78 is 46.2. The van der Waals surface area contributed by atoms with Crippen molar-refractivity contribution in [3.8, 4) is 0 Å². The number of hydrogen-bond acceptors (Lipinski definition) is 8. The Hall–Kier alpha value is -2.35. The van der Waals surface area contributed by atoms with Gasteiger partial charge in [0.1, 0.15) is 18.3 Å². The molecule has 1 unspecified atom stereocenters. The van der Waals surface area contributed by atoms with Crippen LogP contribution in [-0.2, 0) is 30.8 Å². The van der Waals surface area contributed by atoms with Crippen LogP contribution >= 0.6 is 0 Å². The predicted octanol–water partition coefficient (Wildman–Crippen LogP) is -0.565. The number of nitrogens with zero attached hydrogens (tertiary/aromatic N) is 1. The zero-order chi connectivity index (χ0) is 23.1. The monoisotopic (exact) mass is 467 g/mol. The van der Waals surface area contributed by atoms with Gasteiger partial charge in [-0.15, -0.1) is 0 Å². The van der Waals surface area contributed by atoms with E-state index in [-0.39, 0.29) is 6.54 Å². The lowest BCUT2D eigenvalue weighted by atomic mass is 10.1. The quantitative estimate of drug-likeness (QED) is 0.490. The summed E-state index contributed by atoms with van der Waals surface area (Å²) in [6.45, 7) is 3.41. The molecule has 2 aliphatic rings. The highest BCUT2D eigenvalue weighted by Crippen LogP contribution is 2.43. The van der Waals surface area contributed by atoms with E-state index in [0.29, 0.717) is 0 Å². The molecule has 5 atom stereocenters. The Morgan fingerprint density at radius 2 is 1.84 bits per heavy atom. The summed E-state index contributed by atoms with van der Waals surface area (Å²) in [4.78, 5) is 25.8. The molecule has 0 spiro atoms. The Kier molecular flexibility index (Phi) is 6.09. The molecule has 0 aliphatic carbocycles. The third kappa shape index (κ3) is 4.85. The topological polar surface area (TPSA) is 149 Å². The van der Waals surface area contributed by atoms with Gasteiger partial charge in [-0.3, -0.25) is 14.3 Å². The van der Waals surface area contributed by atoms with Crippen LogP contribution in [0.5, 0.6) is 0 Å². The molecular formula is C20H25N3O8S. The molecular weight excluding hydrogens is 442 g/mol. The van der Waals surface area contributed by atoms with Crippen molar-refractivity contribution >= 4 is 10.0 Å². The molecule has 174 valence electrons. The van der Waals surface area contributed by atoms with E-state index in [1.807, 2.05) is 6.07 Å². The van der Waals surface area contributed by atoms with Crippen molar-refractivity contribution in [2.75, 3.05) is 5.75 Å². The lowest BCUT2D eigenvalue weighted by Crippen LogP contribution is -2.44. The molecule has 2 fully saturated rings. The molecule has 2 aliphatic heterocycles. The fourth-order valence-corrected chi connectivity index (χ4v) is 5.08. The second-order valence-corrected chi connectivity index (χ2v) is 10.1. The van der Waals surface area contributed by atoms with Gasteiger partial charge in [-0.25, -0.2) is 17.9 Å². The molecule has 2 aromatic rings. The molecule has 1 aromatic carbocycles. The molecule has 3 N–H and O–H groups in total. The van der Waals surface area contributed by atoms with Crippen LogP contribution in [0.1, 0.15) is 25.6 Å². The minimum atomic E-state index is -3.86. The average molecular weight is 468 g/mol. The van der Waals surface area contributed by atoms with E-state index in [0.717, 1.165) is 16.2 Å². The summed E-state index contributed by atoms with van der Waals surface area (Å²) in [5.41, 5.74) is -0.520. The van der Waals surface area contributed by atoms with Crippen molar-refractivity contribution in [1.82, 2.24) is 14.3 Å². The van der Waals surface area contributed by atoms with Crippen molar-refractivity contribution in [2.24, 2.45) is 0 Å². The zero-order valence-corrected chi connectivity index (χ0v) is 18.3. The number of benzene rings is 1. The molecule has 0 amide bonds. The zero-order valence-electron chi connectivity index (χ0n) is 17.5. The summed E-state index contributed by atoms with van der Waals surface area (Å²) >= 11 is 0. The lowest BCUT2D eigenvalue weighted by molar-refractivity contribution is -0.206. The van der Waals surface area contributed by atoms with Gasteiger partial charge in [0.2, 0.25) is 10.0 Å². The molecule has 12 heteroatoms. The van der Waals surface area contributed by atoms with E-state index in [9.17, 15) is 23.1 Å². The normalized spacial score (nSPS) is 27.8. The molecule has 0 bridgehead atoms. The van der Waals surface area contributed by atoms with Crippen molar-refractivity contribution < 1.29 is 27.7 Å². The molecule has 11 nitrogen and oxygen atoms in total. The van der Waals surface area contributed by atoms with Gasteiger partial charge in [0.25, 0.3) is 5.56 Å². The standard InChI is InChI=1S/C20H25N3O8S/c1-20(2)30-16-15(13(24)11-32(27,28)21-10-12-6-4-3-5-7-12)29-18(17(16)31-20)23-9-8-14(25)22-19(23)26/h3-9,13,15-18,21,24H,10-11H2,1-2H3,(H,22,25,26)/t13?,15-,16-,17-,18-/m1/s1. The molecule has 4 rings (SSSR count). The Labute approximate surface area is 184 Å². The first-order valence-electron chi connectivity index (χ1n) is 10.1. The highest BCUT2D eigenvalue weighted by atomic mass is 32.2.